The third-order valence-electron chi connectivity index (χ3n) is 4.29. The molecule has 3 heteroatoms. The zero-order valence-corrected chi connectivity index (χ0v) is 12.7. The molecule has 0 radical (unpaired) electrons. The van der Waals surface area contributed by atoms with E-state index in [1.807, 2.05) is 0 Å². The van der Waals surface area contributed by atoms with E-state index in [1.165, 1.54) is 36.4 Å². The zero-order chi connectivity index (χ0) is 13.0. The Morgan fingerprint density at radius 3 is 2.83 bits per heavy atom. The van der Waals surface area contributed by atoms with Gasteiger partial charge < -0.3 is 5.32 Å². The highest BCUT2D eigenvalue weighted by Crippen LogP contribution is 2.35. The van der Waals surface area contributed by atoms with Crippen molar-refractivity contribution in [3.8, 4) is 0 Å². The minimum absolute atomic E-state index is 0.632. The first-order valence-corrected chi connectivity index (χ1v) is 8.25. The summed E-state index contributed by atoms with van der Waals surface area (Å²) < 4.78 is 0. The molecule has 3 unspecified atom stereocenters. The number of nitrogens with one attached hydrogen (secondary N) is 1. The van der Waals surface area contributed by atoms with Gasteiger partial charge in [0.25, 0.3) is 0 Å². The van der Waals surface area contributed by atoms with Gasteiger partial charge in [-0.15, -0.1) is 11.3 Å². The van der Waals surface area contributed by atoms with E-state index in [0.29, 0.717) is 6.04 Å². The van der Waals surface area contributed by atoms with Crippen LogP contribution in [0.4, 0.5) is 0 Å². The number of nitrogens with zero attached hydrogens (tertiary/aromatic N) is 1. The molecule has 1 heterocycles. The monoisotopic (exact) mass is 266 g/mol. The van der Waals surface area contributed by atoms with Crippen molar-refractivity contribution < 1.29 is 0 Å². The Morgan fingerprint density at radius 2 is 2.28 bits per heavy atom. The lowest BCUT2D eigenvalue weighted by molar-refractivity contribution is 0.347. The molecule has 2 rings (SSSR count). The van der Waals surface area contributed by atoms with E-state index in [4.69, 9.17) is 0 Å². The van der Waals surface area contributed by atoms with Gasteiger partial charge in [-0.1, -0.05) is 26.7 Å². The van der Waals surface area contributed by atoms with Crippen LogP contribution in [0, 0.1) is 18.8 Å². The Labute approximate surface area is 115 Å². The smallest absolute Gasteiger partial charge is 0.0897 e. The van der Waals surface area contributed by atoms with Crippen molar-refractivity contribution in [2.45, 2.75) is 58.9 Å². The van der Waals surface area contributed by atoms with Crippen LogP contribution in [0.2, 0.25) is 0 Å². The quantitative estimate of drug-likeness (QED) is 0.847. The van der Waals surface area contributed by atoms with Gasteiger partial charge >= 0.3 is 0 Å². The number of thiazole rings is 1. The maximum Gasteiger partial charge on any atom is 0.0897 e. The largest absolute Gasteiger partial charge is 0.314 e. The van der Waals surface area contributed by atoms with E-state index in [-0.39, 0.29) is 0 Å². The van der Waals surface area contributed by atoms with E-state index in [9.17, 15) is 0 Å². The van der Waals surface area contributed by atoms with Gasteiger partial charge in [0.1, 0.15) is 0 Å². The van der Waals surface area contributed by atoms with Crippen LogP contribution in [-0.2, 0) is 6.42 Å². The average Bonchev–Trinajstić information content (AvgIpc) is 2.97. The van der Waals surface area contributed by atoms with E-state index >= 15 is 0 Å². The van der Waals surface area contributed by atoms with Gasteiger partial charge in [0.15, 0.2) is 0 Å². The summed E-state index contributed by atoms with van der Waals surface area (Å²) in [6, 6.07) is 0.632. The predicted octanol–water partition coefficient (Wildman–Crippen LogP) is 3.80. The highest BCUT2D eigenvalue weighted by Gasteiger charge is 2.29. The van der Waals surface area contributed by atoms with Crippen LogP contribution < -0.4 is 5.32 Å². The number of hydrogen-bond acceptors (Lipinski definition) is 3. The molecule has 102 valence electrons. The van der Waals surface area contributed by atoms with Crippen LogP contribution in [0.5, 0.6) is 0 Å². The van der Waals surface area contributed by atoms with Crippen LogP contribution in [0.1, 0.15) is 50.2 Å². The molecule has 1 N–H and O–H groups in total. The van der Waals surface area contributed by atoms with Gasteiger partial charge in [0.05, 0.1) is 10.7 Å². The van der Waals surface area contributed by atoms with Crippen molar-refractivity contribution in [2.24, 2.45) is 11.8 Å². The van der Waals surface area contributed by atoms with Crippen molar-refractivity contribution in [1.82, 2.24) is 10.3 Å². The second-order valence-corrected chi connectivity index (χ2v) is 6.64. The Hall–Kier alpha value is -0.410. The minimum atomic E-state index is 0.632. The first kappa shape index (κ1) is 14.0. The lowest BCUT2D eigenvalue weighted by Crippen LogP contribution is -2.37. The summed E-state index contributed by atoms with van der Waals surface area (Å²) >= 11 is 1.77. The van der Waals surface area contributed by atoms with Crippen molar-refractivity contribution in [3.05, 3.63) is 16.1 Å². The van der Waals surface area contributed by atoms with Crippen LogP contribution in [0.15, 0.2) is 5.38 Å². The highest BCUT2D eigenvalue weighted by atomic mass is 32.1. The van der Waals surface area contributed by atoms with Gasteiger partial charge in [-0.25, -0.2) is 4.98 Å². The SMILES string of the molecule is CCNC(Cc1csc(C)n1)C1CCC(CC)C1. The predicted molar refractivity (Wildman–Crippen MR) is 79.1 cm³/mol. The summed E-state index contributed by atoms with van der Waals surface area (Å²) in [5.74, 6) is 1.82. The average molecular weight is 266 g/mol. The molecule has 0 amide bonds. The van der Waals surface area contributed by atoms with E-state index < -0.39 is 0 Å². The van der Waals surface area contributed by atoms with E-state index in [0.717, 1.165) is 24.8 Å². The maximum absolute atomic E-state index is 4.62. The number of aromatic nitrogens is 1. The molecule has 2 nitrogen and oxygen atoms in total. The molecule has 1 fully saturated rings. The Balaban J connectivity index is 1.95. The van der Waals surface area contributed by atoms with Crippen LogP contribution in [0.3, 0.4) is 0 Å². The van der Waals surface area contributed by atoms with Crippen molar-refractivity contribution in [1.29, 1.82) is 0 Å². The van der Waals surface area contributed by atoms with E-state index in [1.54, 1.807) is 11.3 Å². The van der Waals surface area contributed by atoms with Crippen LogP contribution >= 0.6 is 11.3 Å². The molecule has 1 aromatic heterocycles. The molecule has 0 bridgehead atoms. The van der Waals surface area contributed by atoms with E-state index in [2.05, 4.69) is 36.5 Å². The standard InChI is InChI=1S/C15H26N2S/c1-4-12-6-7-13(8-12)15(16-5-2)9-14-10-18-11(3)17-14/h10,12-13,15-16H,4-9H2,1-3H3. The van der Waals surface area contributed by atoms with Gasteiger partial charge in [0.2, 0.25) is 0 Å². The van der Waals surface area contributed by atoms with Gasteiger partial charge in [-0.2, -0.15) is 0 Å². The fourth-order valence-electron chi connectivity index (χ4n) is 3.24. The van der Waals surface area contributed by atoms with Gasteiger partial charge in [-0.3, -0.25) is 0 Å². The second-order valence-electron chi connectivity index (χ2n) is 5.57. The maximum atomic E-state index is 4.62. The Morgan fingerprint density at radius 1 is 1.44 bits per heavy atom. The molecular formula is C15H26N2S. The number of rotatable bonds is 6. The normalized spacial score (nSPS) is 25.5. The van der Waals surface area contributed by atoms with Gasteiger partial charge in [0, 0.05) is 17.8 Å². The molecule has 0 spiro atoms. The lowest BCUT2D eigenvalue weighted by atomic mass is 9.92. The molecular weight excluding hydrogens is 240 g/mol. The molecule has 0 saturated heterocycles. The first-order chi connectivity index (χ1) is 8.72. The molecule has 1 aliphatic rings. The van der Waals surface area contributed by atoms with Crippen molar-refractivity contribution in [3.63, 3.8) is 0 Å². The third kappa shape index (κ3) is 3.55. The molecule has 0 aromatic carbocycles. The fourth-order valence-corrected chi connectivity index (χ4v) is 3.87. The topological polar surface area (TPSA) is 24.9 Å². The number of hydrogen-bond donors (Lipinski definition) is 1. The van der Waals surface area contributed by atoms with Crippen LogP contribution in [-0.4, -0.2) is 17.6 Å². The third-order valence-corrected chi connectivity index (χ3v) is 5.11. The molecule has 0 aliphatic heterocycles. The summed E-state index contributed by atoms with van der Waals surface area (Å²) in [5.41, 5.74) is 1.28. The molecule has 1 saturated carbocycles. The lowest BCUT2D eigenvalue weighted by Gasteiger charge is -2.24. The first-order valence-electron chi connectivity index (χ1n) is 7.37. The molecule has 18 heavy (non-hydrogen) atoms. The summed E-state index contributed by atoms with van der Waals surface area (Å²) in [5, 5.41) is 7.11. The molecule has 1 aliphatic carbocycles. The summed E-state index contributed by atoms with van der Waals surface area (Å²) in [6.45, 7) is 7.71. The van der Waals surface area contributed by atoms with Crippen molar-refractivity contribution in [2.75, 3.05) is 6.54 Å². The van der Waals surface area contributed by atoms with Crippen LogP contribution in [0.25, 0.3) is 0 Å². The Bertz CT molecular complexity index is 361. The van der Waals surface area contributed by atoms with Gasteiger partial charge in [-0.05, 0) is 38.1 Å². The number of aryl methyl sites for hydroxylation is 1. The Kier molecular flexibility index (Phi) is 5.19. The molecule has 1 aromatic rings. The summed E-state index contributed by atoms with van der Waals surface area (Å²) in [6.07, 6.45) is 6.71. The molecule has 3 atom stereocenters. The number of likely N-dealkylation sites (N-methyl/N-ethyl adjacent to an activating group) is 1. The highest BCUT2D eigenvalue weighted by molar-refractivity contribution is 7.09. The summed E-state index contributed by atoms with van der Waals surface area (Å²) in [7, 11) is 0. The second kappa shape index (κ2) is 6.67. The fraction of sp³-hybridized carbons (Fsp3) is 0.800. The zero-order valence-electron chi connectivity index (χ0n) is 11.9. The minimum Gasteiger partial charge on any atom is -0.314 e. The summed E-state index contributed by atoms with van der Waals surface area (Å²) in [4.78, 5) is 4.62. The van der Waals surface area contributed by atoms with Crippen molar-refractivity contribution >= 4 is 11.3 Å².